The lowest BCUT2D eigenvalue weighted by Gasteiger charge is -2.19. The normalized spacial score (nSPS) is 18.9. The lowest BCUT2D eigenvalue weighted by atomic mass is 9.98. The van der Waals surface area contributed by atoms with Crippen LogP contribution in [0.4, 0.5) is 11.4 Å². The number of hydrogen-bond acceptors (Lipinski definition) is 7. The van der Waals surface area contributed by atoms with Gasteiger partial charge in [-0.2, -0.15) is 0 Å². The Balaban J connectivity index is 1.17. The van der Waals surface area contributed by atoms with Gasteiger partial charge in [0.05, 0.1) is 31.8 Å². The summed E-state index contributed by atoms with van der Waals surface area (Å²) in [6.07, 6.45) is 1.07. The van der Waals surface area contributed by atoms with E-state index in [-0.39, 0.29) is 35.3 Å². The predicted molar refractivity (Wildman–Crippen MR) is 149 cm³/mol. The number of rotatable bonds is 10. The van der Waals surface area contributed by atoms with Crippen molar-refractivity contribution < 1.29 is 32.2 Å². The van der Waals surface area contributed by atoms with Gasteiger partial charge in [-0.25, -0.2) is 8.42 Å². The SMILES string of the molecule is COc1ccc([C@@H]2CC(=O)N(CC(=O)Nc3ccc(NS(=O)(=O)c4ccccc4)cc3)C2)cc1O[C@@H]1CCOC1. The van der Waals surface area contributed by atoms with Gasteiger partial charge in [0.2, 0.25) is 11.8 Å². The summed E-state index contributed by atoms with van der Waals surface area (Å²) in [5.74, 6) is 0.717. The summed E-state index contributed by atoms with van der Waals surface area (Å²) in [5.41, 5.74) is 1.80. The Bertz CT molecular complexity index is 1460. The van der Waals surface area contributed by atoms with E-state index in [1.54, 1.807) is 49.6 Å². The lowest BCUT2D eigenvalue weighted by Crippen LogP contribution is -2.34. The van der Waals surface area contributed by atoms with E-state index in [0.29, 0.717) is 49.1 Å². The highest BCUT2D eigenvalue weighted by molar-refractivity contribution is 7.92. The van der Waals surface area contributed by atoms with E-state index in [4.69, 9.17) is 14.2 Å². The van der Waals surface area contributed by atoms with Crippen molar-refractivity contribution in [2.45, 2.75) is 29.8 Å². The highest BCUT2D eigenvalue weighted by Gasteiger charge is 2.32. The molecule has 0 unspecified atom stereocenters. The van der Waals surface area contributed by atoms with E-state index in [1.165, 1.54) is 17.0 Å². The number of ether oxygens (including phenoxy) is 3. The molecule has 0 aromatic heterocycles. The van der Waals surface area contributed by atoms with Crippen LogP contribution in [0.5, 0.6) is 11.5 Å². The van der Waals surface area contributed by atoms with E-state index >= 15 is 0 Å². The maximum Gasteiger partial charge on any atom is 0.261 e. The van der Waals surface area contributed by atoms with Crippen LogP contribution in [0.1, 0.15) is 24.3 Å². The molecular formula is C29H31N3O7S. The molecule has 2 N–H and O–H groups in total. The number of anilines is 2. The molecule has 2 amide bonds. The third-order valence-electron chi connectivity index (χ3n) is 6.86. The van der Waals surface area contributed by atoms with Crippen molar-refractivity contribution in [3.05, 3.63) is 78.4 Å². The van der Waals surface area contributed by atoms with E-state index in [0.717, 1.165) is 12.0 Å². The number of methoxy groups -OCH3 is 1. The zero-order chi connectivity index (χ0) is 28.1. The highest BCUT2D eigenvalue weighted by Crippen LogP contribution is 2.36. The van der Waals surface area contributed by atoms with E-state index in [1.807, 2.05) is 18.2 Å². The summed E-state index contributed by atoms with van der Waals surface area (Å²) in [7, 11) is -2.13. The maximum absolute atomic E-state index is 12.7. The Kier molecular flexibility index (Phi) is 8.22. The number of likely N-dealkylation sites (tertiary alicyclic amines) is 1. The molecule has 2 atom stereocenters. The second-order valence-electron chi connectivity index (χ2n) is 9.73. The van der Waals surface area contributed by atoms with Crippen LogP contribution in [0, 0.1) is 0 Å². The van der Waals surface area contributed by atoms with Gasteiger partial charge in [-0.15, -0.1) is 0 Å². The molecule has 2 saturated heterocycles. The van der Waals surface area contributed by atoms with Gasteiger partial charge in [0.25, 0.3) is 10.0 Å². The first kappa shape index (κ1) is 27.5. The van der Waals surface area contributed by atoms with Crippen LogP contribution in [0.2, 0.25) is 0 Å². The Morgan fingerprint density at radius 2 is 1.77 bits per heavy atom. The minimum absolute atomic E-state index is 0.0346. The third kappa shape index (κ3) is 6.54. The summed E-state index contributed by atoms with van der Waals surface area (Å²) in [4.78, 5) is 27.2. The van der Waals surface area contributed by atoms with Crippen molar-refractivity contribution in [2.24, 2.45) is 0 Å². The molecule has 10 nitrogen and oxygen atoms in total. The van der Waals surface area contributed by atoms with Crippen LogP contribution in [-0.4, -0.2) is 64.6 Å². The number of nitrogens with one attached hydrogen (secondary N) is 2. The molecular weight excluding hydrogens is 534 g/mol. The monoisotopic (exact) mass is 565 g/mol. The lowest BCUT2D eigenvalue weighted by molar-refractivity contribution is -0.131. The summed E-state index contributed by atoms with van der Waals surface area (Å²) in [5, 5.41) is 2.77. The number of hydrogen-bond donors (Lipinski definition) is 2. The zero-order valence-corrected chi connectivity index (χ0v) is 22.9. The Labute approximate surface area is 233 Å². The fraction of sp³-hybridized carbons (Fsp3) is 0.310. The highest BCUT2D eigenvalue weighted by atomic mass is 32.2. The van der Waals surface area contributed by atoms with Crippen LogP contribution >= 0.6 is 0 Å². The smallest absolute Gasteiger partial charge is 0.261 e. The molecule has 40 heavy (non-hydrogen) atoms. The van der Waals surface area contributed by atoms with Crippen molar-refractivity contribution in [1.29, 1.82) is 0 Å². The molecule has 0 radical (unpaired) electrons. The number of carbonyl (C=O) groups excluding carboxylic acids is 2. The number of sulfonamides is 1. The van der Waals surface area contributed by atoms with Gasteiger partial charge >= 0.3 is 0 Å². The molecule has 0 spiro atoms. The van der Waals surface area contributed by atoms with E-state index in [2.05, 4.69) is 10.0 Å². The minimum atomic E-state index is -3.71. The molecule has 2 heterocycles. The molecule has 5 rings (SSSR count). The van der Waals surface area contributed by atoms with Crippen LogP contribution in [0.25, 0.3) is 0 Å². The molecule has 210 valence electrons. The molecule has 11 heteroatoms. The Morgan fingerprint density at radius 3 is 2.48 bits per heavy atom. The molecule has 0 saturated carbocycles. The Morgan fingerprint density at radius 1 is 1.02 bits per heavy atom. The van der Waals surface area contributed by atoms with Crippen LogP contribution < -0.4 is 19.5 Å². The average molecular weight is 566 g/mol. The van der Waals surface area contributed by atoms with Gasteiger partial charge in [0.1, 0.15) is 6.10 Å². The number of nitrogens with zero attached hydrogens (tertiary/aromatic N) is 1. The summed E-state index contributed by atoms with van der Waals surface area (Å²) in [6, 6.07) is 20.1. The van der Waals surface area contributed by atoms with E-state index < -0.39 is 10.0 Å². The van der Waals surface area contributed by atoms with Crippen molar-refractivity contribution in [2.75, 3.05) is 43.5 Å². The average Bonchev–Trinajstić information content (AvgIpc) is 3.59. The fourth-order valence-corrected chi connectivity index (χ4v) is 5.86. The van der Waals surface area contributed by atoms with Gasteiger partial charge in [-0.05, 0) is 54.1 Å². The fourth-order valence-electron chi connectivity index (χ4n) is 4.78. The Hall–Kier alpha value is -4.09. The molecule has 0 bridgehead atoms. The largest absolute Gasteiger partial charge is 0.493 e. The molecule has 2 aliphatic heterocycles. The molecule has 0 aliphatic carbocycles. The molecule has 3 aromatic carbocycles. The van der Waals surface area contributed by atoms with Gasteiger partial charge in [0, 0.05) is 36.7 Å². The second kappa shape index (κ2) is 12.0. The van der Waals surface area contributed by atoms with Gasteiger partial charge in [-0.3, -0.25) is 14.3 Å². The standard InChI is InChI=1S/C29H31N3O7S/c1-37-26-12-7-20(15-27(26)39-24-13-14-38-19-24)21-16-29(34)32(17-21)18-28(33)30-22-8-10-23(11-9-22)31-40(35,36)25-5-3-2-4-6-25/h2-12,15,21,24,31H,13-14,16-19H2,1H3,(H,30,33)/t21-,24-/m1/s1. The zero-order valence-electron chi connectivity index (χ0n) is 22.0. The third-order valence-corrected chi connectivity index (χ3v) is 8.26. The van der Waals surface area contributed by atoms with Gasteiger partial charge < -0.3 is 24.4 Å². The quantitative estimate of drug-likeness (QED) is 0.385. The number of carbonyl (C=O) groups is 2. The van der Waals surface area contributed by atoms with Crippen molar-refractivity contribution in [3.8, 4) is 11.5 Å². The number of benzene rings is 3. The van der Waals surface area contributed by atoms with Gasteiger partial charge in [0.15, 0.2) is 11.5 Å². The number of amides is 2. The van der Waals surface area contributed by atoms with Crippen molar-refractivity contribution in [1.82, 2.24) is 4.90 Å². The van der Waals surface area contributed by atoms with Crippen LogP contribution in [0.15, 0.2) is 77.7 Å². The molecule has 3 aromatic rings. The van der Waals surface area contributed by atoms with Crippen LogP contribution in [-0.2, 0) is 24.3 Å². The van der Waals surface area contributed by atoms with Crippen LogP contribution in [0.3, 0.4) is 0 Å². The molecule has 2 aliphatic rings. The first-order valence-electron chi connectivity index (χ1n) is 13.0. The second-order valence-corrected chi connectivity index (χ2v) is 11.4. The van der Waals surface area contributed by atoms with Gasteiger partial charge in [-0.1, -0.05) is 24.3 Å². The summed E-state index contributed by atoms with van der Waals surface area (Å²) < 4.78 is 44.5. The molecule has 2 fully saturated rings. The summed E-state index contributed by atoms with van der Waals surface area (Å²) >= 11 is 0. The first-order chi connectivity index (χ1) is 19.3. The van der Waals surface area contributed by atoms with Crippen molar-refractivity contribution in [3.63, 3.8) is 0 Å². The maximum atomic E-state index is 12.7. The summed E-state index contributed by atoms with van der Waals surface area (Å²) in [6.45, 7) is 1.52. The van der Waals surface area contributed by atoms with Crippen molar-refractivity contribution >= 4 is 33.2 Å². The van der Waals surface area contributed by atoms with E-state index in [9.17, 15) is 18.0 Å². The minimum Gasteiger partial charge on any atom is -0.493 e. The first-order valence-corrected chi connectivity index (χ1v) is 14.5. The topological polar surface area (TPSA) is 123 Å². The predicted octanol–water partition coefficient (Wildman–Crippen LogP) is 3.62.